The van der Waals surface area contributed by atoms with Crippen molar-refractivity contribution in [1.82, 2.24) is 4.57 Å². The van der Waals surface area contributed by atoms with Gasteiger partial charge in [0.1, 0.15) is 29.0 Å². The van der Waals surface area contributed by atoms with Gasteiger partial charge in [-0.1, -0.05) is 6.07 Å². The number of hydrogen-bond acceptors (Lipinski definition) is 5. The Labute approximate surface area is 253 Å². The number of thiophene rings is 1. The largest absolute Gasteiger partial charge is 0.492 e. The van der Waals surface area contributed by atoms with Crippen molar-refractivity contribution in [3.63, 3.8) is 0 Å². The first-order valence-corrected chi connectivity index (χ1v) is 14.0. The molecule has 0 aliphatic rings. The maximum Gasteiger partial charge on any atom is 0.417 e. The van der Waals surface area contributed by atoms with Crippen LogP contribution in [0.5, 0.6) is 5.75 Å². The van der Waals surface area contributed by atoms with Gasteiger partial charge in [-0.15, -0.1) is 11.3 Å². The van der Waals surface area contributed by atoms with Gasteiger partial charge < -0.3 is 14.4 Å². The number of anilines is 1. The summed E-state index contributed by atoms with van der Waals surface area (Å²) in [7, 11) is 0. The van der Waals surface area contributed by atoms with E-state index in [4.69, 9.17) is 4.74 Å². The zero-order chi connectivity index (χ0) is 32.6. The van der Waals surface area contributed by atoms with E-state index >= 15 is 0 Å². The number of carbonyl (C=O) groups is 1. The highest BCUT2D eigenvalue weighted by atomic mass is 32.1. The molecule has 0 fully saturated rings. The third-order valence-corrected chi connectivity index (χ3v) is 7.72. The molecule has 7 nitrogen and oxygen atoms in total. The number of nitriles is 1. The van der Waals surface area contributed by atoms with Crippen LogP contribution >= 0.6 is 11.3 Å². The number of pyridine rings is 1. The highest BCUT2D eigenvalue weighted by molar-refractivity contribution is 7.18. The number of rotatable bonds is 7. The summed E-state index contributed by atoms with van der Waals surface area (Å²) in [5, 5.41) is 19.4. The lowest BCUT2D eigenvalue weighted by Crippen LogP contribution is -2.45. The third-order valence-electron chi connectivity index (χ3n) is 6.57. The first-order valence-electron chi connectivity index (χ1n) is 13.2. The van der Waals surface area contributed by atoms with Crippen LogP contribution in [-0.4, -0.2) is 27.9 Å². The van der Waals surface area contributed by atoms with Crippen LogP contribution < -0.4 is 15.2 Å². The minimum atomic E-state index is -5.05. The Bertz CT molecular complexity index is 1830. The monoisotopic (exact) mass is 631 g/mol. The van der Waals surface area contributed by atoms with Crippen molar-refractivity contribution in [3.05, 3.63) is 93.3 Å². The Kier molecular flexibility index (Phi) is 8.88. The van der Waals surface area contributed by atoms with E-state index in [-0.39, 0.29) is 28.4 Å². The van der Waals surface area contributed by atoms with E-state index in [0.29, 0.717) is 28.3 Å². The van der Waals surface area contributed by atoms with Crippen molar-refractivity contribution in [1.29, 1.82) is 5.26 Å². The summed E-state index contributed by atoms with van der Waals surface area (Å²) in [6.45, 7) is 6.55. The fourth-order valence-corrected chi connectivity index (χ4v) is 5.69. The Morgan fingerprint density at radius 3 is 2.30 bits per heavy atom. The van der Waals surface area contributed by atoms with Gasteiger partial charge in [-0.2, -0.15) is 18.4 Å². The van der Waals surface area contributed by atoms with Crippen LogP contribution in [0.15, 0.2) is 59.4 Å². The summed E-state index contributed by atoms with van der Waals surface area (Å²) in [6.07, 6.45) is -6.27. The lowest BCUT2D eigenvalue weighted by atomic mass is 10.0. The van der Waals surface area contributed by atoms with Gasteiger partial charge in [-0.05, 0) is 75.7 Å². The van der Waals surface area contributed by atoms with Crippen LogP contribution in [-0.2, 0) is 12.7 Å². The number of aromatic nitrogens is 1. The quantitative estimate of drug-likeness (QED) is 0.208. The number of ether oxygens (including phenoxy) is 1. The number of benzene rings is 2. The molecule has 0 radical (unpaired) electrons. The van der Waals surface area contributed by atoms with Crippen molar-refractivity contribution in [3.8, 4) is 32.8 Å². The molecule has 4 rings (SSSR count). The summed E-state index contributed by atoms with van der Waals surface area (Å²) in [4.78, 5) is 27.3. The molecule has 0 bridgehead atoms. The second kappa shape index (κ2) is 12.1. The van der Waals surface area contributed by atoms with Gasteiger partial charge in [0.25, 0.3) is 5.56 Å². The van der Waals surface area contributed by atoms with E-state index in [0.717, 1.165) is 32.9 Å². The number of carboxylic acid groups (broad SMARTS) is 1. The summed E-state index contributed by atoms with van der Waals surface area (Å²) < 4.78 is 76.5. The smallest absolute Gasteiger partial charge is 0.417 e. The fourth-order valence-electron chi connectivity index (χ4n) is 4.66. The molecule has 13 heteroatoms. The summed E-state index contributed by atoms with van der Waals surface area (Å²) in [6, 6.07) is 12.5. The topological polar surface area (TPSA) is 95.6 Å². The van der Waals surface area contributed by atoms with Gasteiger partial charge in [0.15, 0.2) is 0 Å². The fraction of sp³-hybridized carbons (Fsp3) is 0.258. The molecular formula is C31H26F5N3O4S. The Balaban J connectivity index is 1.92. The molecule has 0 saturated heterocycles. The first-order chi connectivity index (χ1) is 20.6. The molecule has 1 amide bonds. The average Bonchev–Trinajstić information content (AvgIpc) is 3.40. The van der Waals surface area contributed by atoms with E-state index in [1.807, 2.05) is 0 Å². The van der Waals surface area contributed by atoms with Crippen molar-refractivity contribution >= 4 is 23.1 Å². The first kappa shape index (κ1) is 32.2. The minimum Gasteiger partial charge on any atom is -0.492 e. The molecule has 0 spiro atoms. The zero-order valence-corrected chi connectivity index (χ0v) is 24.7. The molecule has 44 heavy (non-hydrogen) atoms. The van der Waals surface area contributed by atoms with E-state index in [9.17, 15) is 41.9 Å². The number of hydrogen-bond donors (Lipinski definition) is 1. The highest BCUT2D eigenvalue weighted by Crippen LogP contribution is 2.42. The molecule has 230 valence electrons. The third kappa shape index (κ3) is 6.45. The van der Waals surface area contributed by atoms with Crippen LogP contribution in [0, 0.1) is 23.0 Å². The van der Waals surface area contributed by atoms with Crippen molar-refractivity contribution in [2.45, 2.75) is 46.0 Å². The molecule has 0 aliphatic carbocycles. The maximum absolute atomic E-state index is 14.6. The van der Waals surface area contributed by atoms with Crippen molar-refractivity contribution in [2.75, 3.05) is 11.5 Å². The second-order valence-corrected chi connectivity index (χ2v) is 11.7. The van der Waals surface area contributed by atoms with E-state index < -0.39 is 52.7 Å². The Morgan fingerprint density at radius 1 is 1.05 bits per heavy atom. The SMILES string of the molecule is CCOc1ccc(-c2ccc(-c3cc(C(F)(F)F)c(C#N)c(=O)n3Cc3ccc(F)cc3F)s2)cc1N(C(=O)O)C(C)(C)C. The van der Waals surface area contributed by atoms with Crippen molar-refractivity contribution < 1.29 is 36.6 Å². The van der Waals surface area contributed by atoms with Crippen LogP contribution in [0.4, 0.5) is 32.4 Å². The molecule has 0 aliphatic heterocycles. The zero-order valence-electron chi connectivity index (χ0n) is 23.9. The standard InChI is InChI=1S/C31H26F5N3O4S/c1-5-43-25-9-7-17(12-23(25)39(29(41)42)30(2,3)4)26-10-11-27(44-26)24-14-21(31(34,35)36)20(15-37)28(40)38(24)16-18-6-8-19(32)13-22(18)33/h6-14H,5,16H2,1-4H3,(H,41,42). The second-order valence-electron chi connectivity index (χ2n) is 10.6. The summed E-state index contributed by atoms with van der Waals surface area (Å²) >= 11 is 0.997. The number of alkyl halides is 3. The Morgan fingerprint density at radius 2 is 1.73 bits per heavy atom. The van der Waals surface area contributed by atoms with E-state index in [1.54, 1.807) is 52.0 Å². The van der Waals surface area contributed by atoms with Crippen LogP contribution in [0.3, 0.4) is 0 Å². The normalized spacial score (nSPS) is 11.7. The number of amides is 1. The molecular weight excluding hydrogens is 605 g/mol. The molecule has 0 unspecified atom stereocenters. The van der Waals surface area contributed by atoms with Gasteiger partial charge in [-0.25, -0.2) is 13.6 Å². The minimum absolute atomic E-state index is 0.177. The molecule has 0 saturated carbocycles. The molecule has 4 aromatic rings. The molecule has 2 aromatic carbocycles. The van der Waals surface area contributed by atoms with Gasteiger partial charge in [0.2, 0.25) is 0 Å². The Hall–Kier alpha value is -4.70. The number of halogens is 5. The van der Waals surface area contributed by atoms with Crippen LogP contribution in [0.1, 0.15) is 44.4 Å². The van der Waals surface area contributed by atoms with E-state index in [1.165, 1.54) is 12.1 Å². The van der Waals surface area contributed by atoms with Gasteiger partial charge in [0.05, 0.1) is 35.0 Å². The van der Waals surface area contributed by atoms with Gasteiger partial charge in [0, 0.05) is 22.0 Å². The molecule has 1 N–H and O–H groups in total. The van der Waals surface area contributed by atoms with E-state index in [2.05, 4.69) is 0 Å². The molecule has 2 heterocycles. The maximum atomic E-state index is 14.6. The predicted molar refractivity (Wildman–Crippen MR) is 156 cm³/mol. The van der Waals surface area contributed by atoms with Gasteiger partial charge in [-0.3, -0.25) is 9.69 Å². The number of nitrogens with zero attached hydrogens (tertiary/aromatic N) is 3. The molecule has 0 atom stereocenters. The predicted octanol–water partition coefficient (Wildman–Crippen LogP) is 8.14. The van der Waals surface area contributed by atoms with Gasteiger partial charge >= 0.3 is 12.3 Å². The summed E-state index contributed by atoms with van der Waals surface area (Å²) in [5.74, 6) is -1.59. The van der Waals surface area contributed by atoms with Crippen LogP contribution in [0.2, 0.25) is 0 Å². The summed E-state index contributed by atoms with van der Waals surface area (Å²) in [5.41, 5.74) is -4.42. The van der Waals surface area contributed by atoms with Crippen LogP contribution in [0.25, 0.3) is 21.0 Å². The lowest BCUT2D eigenvalue weighted by molar-refractivity contribution is -0.137. The average molecular weight is 632 g/mol. The van der Waals surface area contributed by atoms with Crippen molar-refractivity contribution in [2.24, 2.45) is 0 Å². The lowest BCUT2D eigenvalue weighted by Gasteiger charge is -2.34. The highest BCUT2D eigenvalue weighted by Gasteiger charge is 2.37. The molecule has 2 aromatic heterocycles.